The summed E-state index contributed by atoms with van der Waals surface area (Å²) < 4.78 is 1.81. The molecule has 0 atom stereocenters. The molecule has 0 aliphatic rings. The summed E-state index contributed by atoms with van der Waals surface area (Å²) in [6.07, 6.45) is 4.41. The second-order valence-corrected chi connectivity index (χ2v) is 3.07. The van der Waals surface area contributed by atoms with Gasteiger partial charge in [0.15, 0.2) is 5.82 Å². The third kappa shape index (κ3) is 1.51. The van der Waals surface area contributed by atoms with Crippen molar-refractivity contribution in [3.63, 3.8) is 0 Å². The van der Waals surface area contributed by atoms with E-state index < -0.39 is 0 Å². The van der Waals surface area contributed by atoms with Crippen molar-refractivity contribution in [2.45, 2.75) is 13.3 Å². The number of hydrogen-bond acceptors (Lipinski definition) is 3. The molecule has 0 bridgehead atoms. The summed E-state index contributed by atoms with van der Waals surface area (Å²) >= 11 is 0. The normalized spacial score (nSPS) is 10.4. The van der Waals surface area contributed by atoms with Crippen LogP contribution in [0.3, 0.4) is 0 Å². The average Bonchev–Trinajstić information content (AvgIpc) is 2.61. The summed E-state index contributed by atoms with van der Waals surface area (Å²) in [5.74, 6) is 1.74. The molecule has 2 rings (SSSR count). The second kappa shape index (κ2) is 3.57. The second-order valence-electron chi connectivity index (χ2n) is 3.07. The zero-order valence-electron chi connectivity index (χ0n) is 8.31. The van der Waals surface area contributed by atoms with Crippen molar-refractivity contribution in [1.29, 1.82) is 0 Å². The highest BCUT2D eigenvalue weighted by atomic mass is 15.3. The van der Waals surface area contributed by atoms with Gasteiger partial charge in [-0.15, -0.1) is 0 Å². The molecule has 0 aliphatic heterocycles. The Morgan fingerprint density at radius 3 is 2.86 bits per heavy atom. The number of rotatable bonds is 2. The van der Waals surface area contributed by atoms with E-state index >= 15 is 0 Å². The molecule has 0 saturated heterocycles. The van der Waals surface area contributed by atoms with Crippen LogP contribution in [0.1, 0.15) is 12.7 Å². The lowest BCUT2D eigenvalue weighted by Gasteiger charge is -1.91. The van der Waals surface area contributed by atoms with Gasteiger partial charge in [0.2, 0.25) is 0 Å². The van der Waals surface area contributed by atoms with Crippen molar-refractivity contribution in [2.75, 3.05) is 0 Å². The molecule has 14 heavy (non-hydrogen) atoms. The Kier molecular flexibility index (Phi) is 2.26. The van der Waals surface area contributed by atoms with E-state index in [-0.39, 0.29) is 0 Å². The monoisotopic (exact) mass is 188 g/mol. The van der Waals surface area contributed by atoms with Gasteiger partial charge in [0, 0.05) is 31.4 Å². The smallest absolute Gasteiger partial charge is 0.182 e. The van der Waals surface area contributed by atoms with Crippen LogP contribution >= 0.6 is 0 Å². The Morgan fingerprint density at radius 2 is 2.29 bits per heavy atom. The third-order valence-corrected chi connectivity index (χ3v) is 2.09. The van der Waals surface area contributed by atoms with Crippen LogP contribution in [-0.4, -0.2) is 19.7 Å². The first-order valence-electron chi connectivity index (χ1n) is 4.61. The Balaban J connectivity index is 2.43. The molecular formula is C10H12N4. The van der Waals surface area contributed by atoms with Crippen molar-refractivity contribution in [1.82, 2.24) is 19.7 Å². The zero-order valence-corrected chi connectivity index (χ0v) is 8.31. The van der Waals surface area contributed by atoms with Gasteiger partial charge in [0.25, 0.3) is 0 Å². The maximum absolute atomic E-state index is 4.41. The Bertz CT molecular complexity index is 419. The molecule has 2 heterocycles. The summed E-state index contributed by atoms with van der Waals surface area (Å²) in [5, 5.41) is 4.32. The summed E-state index contributed by atoms with van der Waals surface area (Å²) in [5.41, 5.74) is 0.961. The Labute approximate surface area is 82.6 Å². The molecule has 0 N–H and O–H groups in total. The van der Waals surface area contributed by atoms with Gasteiger partial charge in [-0.3, -0.25) is 9.67 Å². The molecule has 0 aliphatic carbocycles. The van der Waals surface area contributed by atoms with Gasteiger partial charge in [-0.25, -0.2) is 4.98 Å². The van der Waals surface area contributed by atoms with E-state index in [1.165, 1.54) is 0 Å². The highest BCUT2D eigenvalue weighted by molar-refractivity contribution is 5.52. The lowest BCUT2D eigenvalue weighted by atomic mass is 10.3. The van der Waals surface area contributed by atoms with Gasteiger partial charge in [-0.1, -0.05) is 6.92 Å². The highest BCUT2D eigenvalue weighted by Crippen LogP contribution is 2.13. The molecule has 4 nitrogen and oxygen atoms in total. The number of hydrogen-bond donors (Lipinski definition) is 0. The van der Waals surface area contributed by atoms with E-state index in [4.69, 9.17) is 0 Å². The largest absolute Gasteiger partial charge is 0.264 e. The first kappa shape index (κ1) is 8.87. The van der Waals surface area contributed by atoms with Crippen molar-refractivity contribution >= 4 is 0 Å². The fourth-order valence-electron chi connectivity index (χ4n) is 1.34. The fourth-order valence-corrected chi connectivity index (χ4v) is 1.34. The van der Waals surface area contributed by atoms with Gasteiger partial charge in [-0.2, -0.15) is 5.10 Å². The molecule has 0 fully saturated rings. The lowest BCUT2D eigenvalue weighted by molar-refractivity contribution is 0.710. The van der Waals surface area contributed by atoms with Crippen molar-refractivity contribution in [2.24, 2.45) is 7.05 Å². The molecular weight excluding hydrogens is 176 g/mol. The van der Waals surface area contributed by atoms with Crippen LogP contribution in [0.25, 0.3) is 11.4 Å². The maximum Gasteiger partial charge on any atom is 0.182 e. The van der Waals surface area contributed by atoms with Crippen LogP contribution < -0.4 is 0 Å². The summed E-state index contributed by atoms with van der Waals surface area (Å²) in [7, 11) is 1.91. The molecule has 4 heteroatoms. The van der Waals surface area contributed by atoms with Crippen LogP contribution in [0.4, 0.5) is 0 Å². The van der Waals surface area contributed by atoms with Crippen molar-refractivity contribution in [3.8, 4) is 11.4 Å². The third-order valence-electron chi connectivity index (χ3n) is 2.09. The van der Waals surface area contributed by atoms with Crippen molar-refractivity contribution < 1.29 is 0 Å². The fraction of sp³-hybridized carbons (Fsp3) is 0.300. The Hall–Kier alpha value is -1.71. The molecule has 0 unspecified atom stereocenters. The first-order chi connectivity index (χ1) is 6.81. The zero-order chi connectivity index (χ0) is 9.97. The van der Waals surface area contributed by atoms with E-state index in [0.29, 0.717) is 0 Å². The molecule has 0 spiro atoms. The average molecular weight is 188 g/mol. The molecule has 0 amide bonds. The molecule has 0 radical (unpaired) electrons. The van der Waals surface area contributed by atoms with Gasteiger partial charge >= 0.3 is 0 Å². The molecule has 2 aromatic rings. The van der Waals surface area contributed by atoms with Crippen LogP contribution in [-0.2, 0) is 13.5 Å². The van der Waals surface area contributed by atoms with Crippen molar-refractivity contribution in [3.05, 3.63) is 30.4 Å². The van der Waals surface area contributed by atoms with Gasteiger partial charge < -0.3 is 0 Å². The van der Waals surface area contributed by atoms with E-state index in [0.717, 1.165) is 23.6 Å². The minimum Gasteiger partial charge on any atom is -0.264 e. The molecule has 0 saturated carbocycles. The summed E-state index contributed by atoms with van der Waals surface area (Å²) in [4.78, 5) is 8.45. The van der Waals surface area contributed by atoms with Gasteiger partial charge in [0.1, 0.15) is 5.82 Å². The topological polar surface area (TPSA) is 43.6 Å². The van der Waals surface area contributed by atoms with Crippen LogP contribution in [0, 0.1) is 0 Å². The van der Waals surface area contributed by atoms with E-state index in [1.54, 1.807) is 12.4 Å². The minimum absolute atomic E-state index is 0.748. The quantitative estimate of drug-likeness (QED) is 0.716. The highest BCUT2D eigenvalue weighted by Gasteiger charge is 2.06. The minimum atomic E-state index is 0.748. The standard InChI is InChI=1S/C10H12N4/c1-3-9-12-10(13-14(9)2)8-5-4-6-11-7-8/h4-7H,3H2,1-2H3. The van der Waals surface area contributed by atoms with Crippen LogP contribution in [0.2, 0.25) is 0 Å². The lowest BCUT2D eigenvalue weighted by Crippen LogP contribution is -1.96. The SMILES string of the molecule is CCc1nc(-c2cccnc2)nn1C. The van der Waals surface area contributed by atoms with E-state index in [2.05, 4.69) is 22.0 Å². The maximum atomic E-state index is 4.41. The van der Waals surface area contributed by atoms with Gasteiger partial charge in [-0.05, 0) is 12.1 Å². The first-order valence-corrected chi connectivity index (χ1v) is 4.61. The number of aryl methyl sites for hydroxylation is 2. The predicted molar refractivity (Wildman–Crippen MR) is 53.6 cm³/mol. The number of pyridine rings is 1. The Morgan fingerprint density at radius 1 is 1.43 bits per heavy atom. The van der Waals surface area contributed by atoms with Gasteiger partial charge in [0.05, 0.1) is 0 Å². The van der Waals surface area contributed by atoms with E-state index in [9.17, 15) is 0 Å². The number of aromatic nitrogens is 4. The van der Waals surface area contributed by atoms with Crippen LogP contribution in [0.15, 0.2) is 24.5 Å². The van der Waals surface area contributed by atoms with E-state index in [1.807, 2.05) is 23.9 Å². The summed E-state index contributed by atoms with van der Waals surface area (Å²) in [6, 6.07) is 3.85. The summed E-state index contributed by atoms with van der Waals surface area (Å²) in [6.45, 7) is 2.07. The molecule has 72 valence electrons. The van der Waals surface area contributed by atoms with Crippen LogP contribution in [0.5, 0.6) is 0 Å². The molecule has 2 aromatic heterocycles. The predicted octanol–water partition coefficient (Wildman–Crippen LogP) is 1.44. The molecule has 0 aromatic carbocycles. The number of nitrogens with zero attached hydrogens (tertiary/aromatic N) is 4.